The minimum absolute atomic E-state index is 0.170. The predicted molar refractivity (Wildman–Crippen MR) is 118 cm³/mol. The van der Waals surface area contributed by atoms with E-state index in [2.05, 4.69) is 31.0 Å². The van der Waals surface area contributed by atoms with Crippen LogP contribution in [-0.2, 0) is 6.54 Å². The average Bonchev–Trinajstić information content (AvgIpc) is 3.44. The lowest BCUT2D eigenvalue weighted by Crippen LogP contribution is -2.30. The first-order valence-corrected chi connectivity index (χ1v) is 10.8. The Morgan fingerprint density at radius 3 is 2.69 bits per heavy atom. The van der Waals surface area contributed by atoms with Crippen molar-refractivity contribution in [2.75, 3.05) is 4.90 Å². The second kappa shape index (κ2) is 7.09. The largest absolute Gasteiger partial charge is 0.467 e. The number of nitrogens with zero attached hydrogens (tertiary/aromatic N) is 3. The summed E-state index contributed by atoms with van der Waals surface area (Å²) in [4.78, 5) is 24.5. The lowest BCUT2D eigenvalue weighted by molar-refractivity contribution is 0.0983. The van der Waals surface area contributed by atoms with E-state index in [9.17, 15) is 4.79 Å². The van der Waals surface area contributed by atoms with Crippen LogP contribution in [-0.4, -0.2) is 15.9 Å². The number of para-hydroxylation sites is 1. The number of carbonyl (C=O) groups is 1. The van der Waals surface area contributed by atoms with E-state index < -0.39 is 0 Å². The molecule has 0 N–H and O–H groups in total. The van der Waals surface area contributed by atoms with Gasteiger partial charge in [-0.1, -0.05) is 29.5 Å². The minimum Gasteiger partial charge on any atom is -0.467 e. The molecule has 0 fully saturated rings. The second-order valence-corrected chi connectivity index (χ2v) is 8.89. The molecule has 0 atom stereocenters. The monoisotopic (exact) mass is 419 g/mol. The molecule has 0 spiro atoms. The zero-order chi connectivity index (χ0) is 20.0. The Morgan fingerprint density at radius 2 is 1.90 bits per heavy atom. The van der Waals surface area contributed by atoms with E-state index in [1.807, 2.05) is 36.4 Å². The molecule has 0 bridgehead atoms. The van der Waals surface area contributed by atoms with Gasteiger partial charge in [0.05, 0.1) is 33.2 Å². The van der Waals surface area contributed by atoms with Gasteiger partial charge in [-0.25, -0.2) is 9.97 Å². The average molecular weight is 420 g/mol. The zero-order valence-corrected chi connectivity index (χ0v) is 17.5. The van der Waals surface area contributed by atoms with Crippen molar-refractivity contribution in [2.24, 2.45) is 0 Å². The van der Waals surface area contributed by atoms with Crippen LogP contribution in [0.1, 0.15) is 26.7 Å². The fourth-order valence-electron chi connectivity index (χ4n) is 3.34. The highest BCUT2D eigenvalue weighted by Gasteiger charge is 2.25. The highest BCUT2D eigenvalue weighted by atomic mass is 32.1. The van der Waals surface area contributed by atoms with Crippen molar-refractivity contribution in [3.8, 4) is 0 Å². The topological polar surface area (TPSA) is 59.2 Å². The molecule has 0 saturated carbocycles. The molecule has 3 aromatic heterocycles. The summed E-state index contributed by atoms with van der Waals surface area (Å²) in [6, 6.07) is 15.6. The van der Waals surface area contributed by atoms with E-state index in [4.69, 9.17) is 9.40 Å². The summed E-state index contributed by atoms with van der Waals surface area (Å²) < 4.78 is 7.59. The van der Waals surface area contributed by atoms with Crippen LogP contribution >= 0.6 is 22.7 Å². The molecule has 0 saturated heterocycles. The van der Waals surface area contributed by atoms with Crippen LogP contribution in [0.15, 0.2) is 59.2 Å². The quantitative estimate of drug-likeness (QED) is 0.360. The lowest BCUT2D eigenvalue weighted by atomic mass is 10.1. The zero-order valence-electron chi connectivity index (χ0n) is 15.9. The number of hydrogen-bond acceptors (Lipinski definition) is 6. The van der Waals surface area contributed by atoms with Crippen molar-refractivity contribution in [2.45, 2.75) is 20.4 Å². The standard InChI is InChI=1S/C22H17N3O2S2/c1-13-10-14(2)19-17(11-13)24-22(29-19)25(12-15-6-5-9-27-15)21(26)20-23-16-7-3-4-8-18(16)28-20/h3-11H,12H2,1-2H3. The van der Waals surface area contributed by atoms with Crippen LogP contribution in [0.4, 0.5) is 5.13 Å². The van der Waals surface area contributed by atoms with Crippen LogP contribution in [0.5, 0.6) is 0 Å². The SMILES string of the molecule is Cc1cc(C)c2sc(N(Cc3ccco3)C(=O)c3nc4ccccc4s3)nc2c1. The molecule has 1 amide bonds. The first kappa shape index (κ1) is 18.0. The first-order chi connectivity index (χ1) is 14.1. The number of benzene rings is 2. The molecule has 0 aliphatic carbocycles. The minimum atomic E-state index is -0.170. The fourth-order valence-corrected chi connectivity index (χ4v) is 5.27. The molecule has 0 aliphatic rings. The maximum Gasteiger partial charge on any atom is 0.289 e. The van der Waals surface area contributed by atoms with Crippen molar-refractivity contribution in [3.05, 3.63) is 76.7 Å². The third-order valence-electron chi connectivity index (χ3n) is 4.66. The highest BCUT2D eigenvalue weighted by molar-refractivity contribution is 7.23. The molecule has 29 heavy (non-hydrogen) atoms. The summed E-state index contributed by atoms with van der Waals surface area (Å²) in [6.45, 7) is 4.43. The second-order valence-electron chi connectivity index (χ2n) is 6.88. The molecule has 2 aromatic carbocycles. The van der Waals surface area contributed by atoms with Gasteiger partial charge in [-0.2, -0.15) is 0 Å². The van der Waals surface area contributed by atoms with Crippen molar-refractivity contribution < 1.29 is 9.21 Å². The first-order valence-electron chi connectivity index (χ1n) is 9.16. The number of amides is 1. The van der Waals surface area contributed by atoms with Crippen molar-refractivity contribution in [3.63, 3.8) is 0 Å². The molecule has 0 unspecified atom stereocenters. The van der Waals surface area contributed by atoms with Crippen molar-refractivity contribution in [1.82, 2.24) is 9.97 Å². The Kier molecular flexibility index (Phi) is 4.41. The number of anilines is 1. The van der Waals surface area contributed by atoms with Crippen LogP contribution in [0.25, 0.3) is 20.4 Å². The molecular weight excluding hydrogens is 402 g/mol. The third kappa shape index (κ3) is 3.32. The number of fused-ring (bicyclic) bond motifs is 2. The Morgan fingerprint density at radius 1 is 1.03 bits per heavy atom. The number of thiazole rings is 2. The number of aryl methyl sites for hydroxylation is 2. The third-order valence-corrected chi connectivity index (χ3v) is 6.91. The lowest BCUT2D eigenvalue weighted by Gasteiger charge is -2.17. The van der Waals surface area contributed by atoms with E-state index in [1.54, 1.807) is 11.2 Å². The molecular formula is C22H17N3O2S2. The van der Waals surface area contributed by atoms with E-state index in [0.717, 1.165) is 31.6 Å². The summed E-state index contributed by atoms with van der Waals surface area (Å²) in [5.74, 6) is 0.530. The molecule has 0 aliphatic heterocycles. The van der Waals surface area contributed by atoms with E-state index in [-0.39, 0.29) is 5.91 Å². The molecule has 3 heterocycles. The Bertz CT molecular complexity index is 1300. The normalized spacial score (nSPS) is 11.4. The van der Waals surface area contributed by atoms with Gasteiger partial charge in [0, 0.05) is 0 Å². The van der Waals surface area contributed by atoms with Gasteiger partial charge in [0.2, 0.25) is 0 Å². The number of rotatable bonds is 4. The highest BCUT2D eigenvalue weighted by Crippen LogP contribution is 2.34. The summed E-state index contributed by atoms with van der Waals surface area (Å²) in [5.41, 5.74) is 4.05. The number of furan rings is 1. The Hall–Kier alpha value is -3.03. The Balaban J connectivity index is 1.61. The number of carbonyl (C=O) groups excluding carboxylic acids is 1. The molecule has 5 nitrogen and oxygen atoms in total. The van der Waals surface area contributed by atoms with Gasteiger partial charge in [0.25, 0.3) is 5.91 Å². The van der Waals surface area contributed by atoms with E-state index in [0.29, 0.717) is 22.4 Å². The summed E-state index contributed by atoms with van der Waals surface area (Å²) in [7, 11) is 0. The van der Waals surface area contributed by atoms with Gasteiger partial charge in [-0.05, 0) is 55.3 Å². The molecule has 7 heteroatoms. The van der Waals surface area contributed by atoms with Gasteiger partial charge >= 0.3 is 0 Å². The van der Waals surface area contributed by atoms with E-state index >= 15 is 0 Å². The van der Waals surface area contributed by atoms with Crippen LogP contribution in [0.2, 0.25) is 0 Å². The number of aromatic nitrogens is 2. The molecule has 5 aromatic rings. The molecule has 0 radical (unpaired) electrons. The summed E-state index contributed by atoms with van der Waals surface area (Å²) in [6.07, 6.45) is 1.61. The number of hydrogen-bond donors (Lipinski definition) is 0. The van der Waals surface area contributed by atoms with Crippen LogP contribution < -0.4 is 4.90 Å². The van der Waals surface area contributed by atoms with Crippen LogP contribution in [0, 0.1) is 13.8 Å². The smallest absolute Gasteiger partial charge is 0.289 e. The maximum atomic E-state index is 13.5. The van der Waals surface area contributed by atoms with Gasteiger partial charge < -0.3 is 4.42 Å². The summed E-state index contributed by atoms with van der Waals surface area (Å²) in [5, 5.41) is 1.10. The van der Waals surface area contributed by atoms with Gasteiger partial charge in [-0.3, -0.25) is 9.69 Å². The van der Waals surface area contributed by atoms with E-state index in [1.165, 1.54) is 22.7 Å². The van der Waals surface area contributed by atoms with Gasteiger partial charge in [-0.15, -0.1) is 11.3 Å². The van der Waals surface area contributed by atoms with Crippen molar-refractivity contribution in [1.29, 1.82) is 0 Å². The fraction of sp³-hybridized carbons (Fsp3) is 0.136. The summed E-state index contributed by atoms with van der Waals surface area (Å²) >= 11 is 2.92. The van der Waals surface area contributed by atoms with Crippen LogP contribution in [0.3, 0.4) is 0 Å². The van der Waals surface area contributed by atoms with Crippen molar-refractivity contribution >= 4 is 54.1 Å². The maximum absolute atomic E-state index is 13.5. The predicted octanol–water partition coefficient (Wildman–Crippen LogP) is 5.96. The van der Waals surface area contributed by atoms with Gasteiger partial charge in [0.15, 0.2) is 10.1 Å². The molecule has 5 rings (SSSR count). The Labute approximate surface area is 175 Å². The van der Waals surface area contributed by atoms with Gasteiger partial charge in [0.1, 0.15) is 5.76 Å². The molecule has 144 valence electrons.